The SMILES string of the molecule is CC(=O)c1c[nH]c2cc(Cl)c(C)cc12. The van der Waals surface area contributed by atoms with Crippen molar-refractivity contribution in [3.05, 3.63) is 34.5 Å². The van der Waals surface area contributed by atoms with Crippen LogP contribution in [0.4, 0.5) is 0 Å². The minimum Gasteiger partial charge on any atom is -0.360 e. The molecule has 0 radical (unpaired) electrons. The number of halogens is 1. The molecule has 1 aromatic carbocycles. The van der Waals surface area contributed by atoms with Crippen LogP contribution in [0.25, 0.3) is 10.9 Å². The Hall–Kier alpha value is -1.28. The Kier molecular flexibility index (Phi) is 2.08. The van der Waals surface area contributed by atoms with Gasteiger partial charge < -0.3 is 4.98 Å². The van der Waals surface area contributed by atoms with Gasteiger partial charge >= 0.3 is 0 Å². The van der Waals surface area contributed by atoms with Crippen LogP contribution in [-0.4, -0.2) is 10.8 Å². The second-order valence-electron chi connectivity index (χ2n) is 3.41. The molecule has 14 heavy (non-hydrogen) atoms. The van der Waals surface area contributed by atoms with Gasteiger partial charge in [0.25, 0.3) is 0 Å². The quantitative estimate of drug-likeness (QED) is 0.715. The van der Waals surface area contributed by atoms with E-state index in [1.807, 2.05) is 19.1 Å². The molecule has 0 spiro atoms. The summed E-state index contributed by atoms with van der Waals surface area (Å²) in [6, 6.07) is 3.78. The maximum atomic E-state index is 11.3. The Morgan fingerprint density at radius 1 is 1.43 bits per heavy atom. The Morgan fingerprint density at radius 3 is 2.79 bits per heavy atom. The van der Waals surface area contributed by atoms with Crippen molar-refractivity contribution in [1.82, 2.24) is 4.98 Å². The molecule has 0 aliphatic carbocycles. The molecule has 1 N–H and O–H groups in total. The van der Waals surface area contributed by atoms with Crippen molar-refractivity contribution in [2.75, 3.05) is 0 Å². The van der Waals surface area contributed by atoms with Crippen LogP contribution in [0, 0.1) is 6.92 Å². The molecule has 2 rings (SSSR count). The number of nitrogens with one attached hydrogen (secondary N) is 1. The lowest BCUT2D eigenvalue weighted by Crippen LogP contribution is -1.89. The van der Waals surface area contributed by atoms with E-state index in [9.17, 15) is 4.79 Å². The third kappa shape index (κ3) is 1.32. The molecule has 0 unspecified atom stereocenters. The van der Waals surface area contributed by atoms with Crippen molar-refractivity contribution in [2.24, 2.45) is 0 Å². The first-order chi connectivity index (χ1) is 6.59. The summed E-state index contributed by atoms with van der Waals surface area (Å²) in [5.74, 6) is 0.0676. The first kappa shape index (κ1) is 9.28. The average molecular weight is 208 g/mol. The summed E-state index contributed by atoms with van der Waals surface area (Å²) in [6.45, 7) is 3.49. The number of benzene rings is 1. The van der Waals surface area contributed by atoms with Crippen LogP contribution in [0.5, 0.6) is 0 Å². The van der Waals surface area contributed by atoms with Gasteiger partial charge in [-0.25, -0.2) is 0 Å². The van der Waals surface area contributed by atoms with E-state index in [1.54, 1.807) is 13.1 Å². The number of rotatable bonds is 1. The topological polar surface area (TPSA) is 32.9 Å². The Balaban J connectivity index is 2.80. The molecule has 1 aromatic heterocycles. The number of carbonyl (C=O) groups is 1. The number of fused-ring (bicyclic) bond motifs is 1. The summed E-state index contributed by atoms with van der Waals surface area (Å²) in [5.41, 5.74) is 2.62. The molecule has 0 aliphatic heterocycles. The highest BCUT2D eigenvalue weighted by Gasteiger charge is 2.09. The minimum atomic E-state index is 0.0676. The smallest absolute Gasteiger partial charge is 0.161 e. The van der Waals surface area contributed by atoms with Gasteiger partial charge in [0.05, 0.1) is 0 Å². The normalized spacial score (nSPS) is 10.8. The van der Waals surface area contributed by atoms with Crippen LogP contribution in [0.2, 0.25) is 5.02 Å². The van der Waals surface area contributed by atoms with Crippen molar-refractivity contribution in [3.8, 4) is 0 Å². The number of aromatic amines is 1. The molecule has 0 amide bonds. The predicted octanol–water partition coefficient (Wildman–Crippen LogP) is 3.33. The van der Waals surface area contributed by atoms with E-state index in [0.717, 1.165) is 27.1 Å². The second-order valence-corrected chi connectivity index (χ2v) is 3.81. The van der Waals surface area contributed by atoms with Crippen molar-refractivity contribution in [3.63, 3.8) is 0 Å². The summed E-state index contributed by atoms with van der Waals surface area (Å²) < 4.78 is 0. The fourth-order valence-electron chi connectivity index (χ4n) is 1.54. The second kappa shape index (κ2) is 3.14. The van der Waals surface area contributed by atoms with Crippen LogP contribution >= 0.6 is 11.6 Å². The number of aromatic nitrogens is 1. The molecule has 3 heteroatoms. The zero-order chi connectivity index (χ0) is 10.3. The zero-order valence-corrected chi connectivity index (χ0v) is 8.77. The molecule has 0 bridgehead atoms. The van der Waals surface area contributed by atoms with Gasteiger partial charge in [-0.3, -0.25) is 4.79 Å². The number of hydrogen-bond acceptors (Lipinski definition) is 1. The van der Waals surface area contributed by atoms with E-state index in [-0.39, 0.29) is 5.78 Å². The molecule has 0 saturated carbocycles. The van der Waals surface area contributed by atoms with E-state index in [2.05, 4.69) is 4.98 Å². The molecule has 0 fully saturated rings. The number of carbonyl (C=O) groups excluding carboxylic acids is 1. The summed E-state index contributed by atoms with van der Waals surface area (Å²) >= 11 is 5.97. The molecule has 1 heterocycles. The molecule has 2 aromatic rings. The lowest BCUT2D eigenvalue weighted by atomic mass is 10.1. The Labute approximate surface area is 86.9 Å². The van der Waals surface area contributed by atoms with Crippen LogP contribution in [0.3, 0.4) is 0 Å². The lowest BCUT2D eigenvalue weighted by molar-refractivity contribution is 0.101. The highest BCUT2D eigenvalue weighted by molar-refractivity contribution is 6.32. The van der Waals surface area contributed by atoms with Crippen LogP contribution in [-0.2, 0) is 0 Å². The molecule has 2 nitrogen and oxygen atoms in total. The Morgan fingerprint density at radius 2 is 2.14 bits per heavy atom. The molecule has 72 valence electrons. The third-order valence-electron chi connectivity index (χ3n) is 2.34. The summed E-state index contributed by atoms with van der Waals surface area (Å²) in [7, 11) is 0. The van der Waals surface area contributed by atoms with Crippen molar-refractivity contribution < 1.29 is 4.79 Å². The maximum Gasteiger partial charge on any atom is 0.161 e. The highest BCUT2D eigenvalue weighted by Crippen LogP contribution is 2.25. The van der Waals surface area contributed by atoms with Gasteiger partial charge in [0, 0.05) is 27.7 Å². The van der Waals surface area contributed by atoms with Gasteiger partial charge in [-0.15, -0.1) is 0 Å². The average Bonchev–Trinajstić information content (AvgIpc) is 2.48. The van der Waals surface area contributed by atoms with Crippen LogP contribution in [0.15, 0.2) is 18.3 Å². The van der Waals surface area contributed by atoms with E-state index in [0.29, 0.717) is 0 Å². The Bertz CT molecular complexity index is 513. The van der Waals surface area contributed by atoms with Gasteiger partial charge in [-0.1, -0.05) is 11.6 Å². The van der Waals surface area contributed by atoms with Crippen molar-refractivity contribution >= 4 is 28.3 Å². The first-order valence-electron chi connectivity index (χ1n) is 4.38. The summed E-state index contributed by atoms with van der Waals surface area (Å²) in [4.78, 5) is 14.3. The minimum absolute atomic E-state index is 0.0676. The van der Waals surface area contributed by atoms with Gasteiger partial charge in [0.1, 0.15) is 0 Å². The van der Waals surface area contributed by atoms with Gasteiger partial charge in [0.15, 0.2) is 5.78 Å². The largest absolute Gasteiger partial charge is 0.360 e. The van der Waals surface area contributed by atoms with Crippen molar-refractivity contribution in [2.45, 2.75) is 13.8 Å². The van der Waals surface area contributed by atoms with Gasteiger partial charge in [0.2, 0.25) is 0 Å². The van der Waals surface area contributed by atoms with E-state index >= 15 is 0 Å². The van der Waals surface area contributed by atoms with Crippen LogP contribution in [0.1, 0.15) is 22.8 Å². The number of hydrogen-bond donors (Lipinski definition) is 1. The fraction of sp³-hybridized carbons (Fsp3) is 0.182. The zero-order valence-electron chi connectivity index (χ0n) is 8.02. The van der Waals surface area contributed by atoms with Gasteiger partial charge in [-0.2, -0.15) is 0 Å². The molecular weight excluding hydrogens is 198 g/mol. The monoisotopic (exact) mass is 207 g/mol. The first-order valence-corrected chi connectivity index (χ1v) is 4.75. The van der Waals surface area contributed by atoms with E-state index < -0.39 is 0 Å². The molecule has 0 saturated heterocycles. The number of Topliss-reactive ketones (excluding diaryl/α,β-unsaturated/α-hetero) is 1. The number of aryl methyl sites for hydroxylation is 1. The predicted molar refractivity (Wildman–Crippen MR) is 58.1 cm³/mol. The number of H-pyrrole nitrogens is 1. The van der Waals surface area contributed by atoms with E-state index in [4.69, 9.17) is 11.6 Å². The van der Waals surface area contributed by atoms with E-state index in [1.165, 1.54) is 0 Å². The maximum absolute atomic E-state index is 11.3. The van der Waals surface area contributed by atoms with Crippen molar-refractivity contribution in [1.29, 1.82) is 0 Å². The number of ketones is 1. The molecule has 0 atom stereocenters. The molecule has 0 aliphatic rings. The highest BCUT2D eigenvalue weighted by atomic mass is 35.5. The fourth-order valence-corrected chi connectivity index (χ4v) is 1.71. The molecular formula is C11H10ClNO. The summed E-state index contributed by atoms with van der Waals surface area (Å²) in [6.07, 6.45) is 1.72. The van der Waals surface area contributed by atoms with Gasteiger partial charge in [-0.05, 0) is 31.5 Å². The standard InChI is InChI=1S/C11H10ClNO/c1-6-3-8-9(7(2)14)5-13-11(8)4-10(6)12/h3-5,13H,1-2H3. The van der Waals surface area contributed by atoms with Crippen LogP contribution < -0.4 is 0 Å². The third-order valence-corrected chi connectivity index (χ3v) is 2.75. The lowest BCUT2D eigenvalue weighted by Gasteiger charge is -1.98. The summed E-state index contributed by atoms with van der Waals surface area (Å²) in [5, 5.41) is 1.66.